The van der Waals surface area contributed by atoms with Crippen molar-refractivity contribution >= 4 is 12.2 Å². The molecule has 92 valence electrons. The van der Waals surface area contributed by atoms with Crippen LogP contribution >= 0.6 is 12.2 Å². The van der Waals surface area contributed by atoms with Crippen LogP contribution < -0.4 is 4.74 Å². The number of hydrogen-bond acceptors (Lipinski definition) is 4. The van der Waals surface area contributed by atoms with Crippen molar-refractivity contribution in [3.05, 3.63) is 29.1 Å². The highest BCUT2D eigenvalue weighted by molar-refractivity contribution is 7.71. The fourth-order valence-corrected chi connectivity index (χ4v) is 1.42. The molecule has 0 fully saturated rings. The molecule has 0 saturated carbocycles. The zero-order valence-electron chi connectivity index (χ0n) is 10.2. The summed E-state index contributed by atoms with van der Waals surface area (Å²) in [4.78, 5) is 4.23. The van der Waals surface area contributed by atoms with Gasteiger partial charge in [-0.15, -0.1) is 0 Å². The van der Waals surface area contributed by atoms with E-state index in [1.54, 1.807) is 0 Å². The minimum Gasteiger partial charge on any atom is -0.493 e. The molecule has 2 aromatic rings. The van der Waals surface area contributed by atoms with E-state index >= 15 is 0 Å². The first-order valence-electron chi connectivity index (χ1n) is 5.59. The van der Waals surface area contributed by atoms with Crippen molar-refractivity contribution in [2.24, 2.45) is 0 Å². The predicted molar refractivity (Wildman–Crippen MR) is 69.6 cm³/mol. The van der Waals surface area contributed by atoms with E-state index in [0.717, 1.165) is 11.3 Å². The number of aromatic nitrogens is 2. The van der Waals surface area contributed by atoms with Crippen molar-refractivity contribution in [3.63, 3.8) is 0 Å². The molecule has 2 rings (SSSR count). The van der Waals surface area contributed by atoms with Crippen molar-refractivity contribution in [2.75, 3.05) is 6.61 Å². The third kappa shape index (κ3) is 3.42. The Hall–Kier alpha value is -1.62. The second-order valence-corrected chi connectivity index (χ2v) is 3.21. The maximum atomic E-state index is 5.46. The van der Waals surface area contributed by atoms with Crippen molar-refractivity contribution in [2.45, 2.75) is 20.8 Å². The molecular weight excluding hydrogens is 236 g/mol. The first-order valence-corrected chi connectivity index (χ1v) is 6.00. The lowest BCUT2D eigenvalue weighted by atomic mass is 10.2. The molecule has 0 amide bonds. The van der Waals surface area contributed by atoms with Crippen molar-refractivity contribution < 1.29 is 9.26 Å². The molecule has 1 N–H and O–H groups in total. The maximum absolute atomic E-state index is 5.46. The molecule has 1 aromatic heterocycles. The Morgan fingerprint density at radius 2 is 2.06 bits per heavy atom. The number of benzene rings is 1. The minimum absolute atomic E-state index is 0.191. The van der Waals surface area contributed by atoms with Gasteiger partial charge in [-0.05, 0) is 31.3 Å². The number of nitrogens with one attached hydrogen (secondary N) is 1. The van der Waals surface area contributed by atoms with Crippen molar-refractivity contribution in [1.82, 2.24) is 10.1 Å². The number of H-pyrrole nitrogens is 1. The lowest BCUT2D eigenvalue weighted by molar-refractivity contribution is 0.341. The number of nitrogens with zero attached hydrogens (tertiary/aromatic N) is 1. The van der Waals surface area contributed by atoms with Gasteiger partial charge in [-0.1, -0.05) is 26.0 Å². The number of hydrogen-bond donors (Lipinski definition) is 1. The highest BCUT2D eigenvalue weighted by atomic mass is 32.1. The normalized spacial score (nSPS) is 9.35. The zero-order valence-corrected chi connectivity index (χ0v) is 11.0. The summed E-state index contributed by atoms with van der Waals surface area (Å²) in [6.45, 7) is 6.54. The van der Waals surface area contributed by atoms with Gasteiger partial charge in [-0.25, -0.2) is 5.16 Å². The fourth-order valence-electron chi connectivity index (χ4n) is 1.29. The van der Waals surface area contributed by atoms with Crippen LogP contribution in [0.5, 0.6) is 5.75 Å². The molecule has 0 aliphatic rings. The molecule has 0 aliphatic carbocycles. The van der Waals surface area contributed by atoms with E-state index in [1.165, 1.54) is 0 Å². The third-order valence-corrected chi connectivity index (χ3v) is 2.05. The number of para-hydroxylation sites is 1. The highest BCUT2D eigenvalue weighted by Gasteiger charge is 2.08. The zero-order chi connectivity index (χ0) is 12.7. The molecule has 1 heterocycles. The van der Waals surface area contributed by atoms with Crippen LogP contribution in [0, 0.1) is 4.84 Å². The Morgan fingerprint density at radius 3 is 2.65 bits per heavy atom. The van der Waals surface area contributed by atoms with Gasteiger partial charge in [0.1, 0.15) is 5.75 Å². The van der Waals surface area contributed by atoms with E-state index in [0.29, 0.717) is 12.4 Å². The molecule has 0 bridgehead atoms. The summed E-state index contributed by atoms with van der Waals surface area (Å²) < 4.78 is 10.3. The largest absolute Gasteiger partial charge is 0.493 e. The van der Waals surface area contributed by atoms with Crippen LogP contribution in [-0.4, -0.2) is 16.7 Å². The molecule has 17 heavy (non-hydrogen) atoms. The van der Waals surface area contributed by atoms with Crippen LogP contribution in [0.15, 0.2) is 28.8 Å². The number of aromatic amines is 1. The maximum Gasteiger partial charge on any atom is 0.314 e. The van der Waals surface area contributed by atoms with E-state index in [9.17, 15) is 0 Å². The standard InChI is InChI=1S/C10H10N2O2S.C2H6/c1-2-13-8-6-4-3-5-7(8)9-11-10(15)14-12-9;1-2/h3-6H,2H2,1H3,(H,11,12,15);1-2H3. The minimum atomic E-state index is 0.191. The molecule has 0 radical (unpaired) electrons. The molecule has 0 saturated heterocycles. The Balaban J connectivity index is 0.000000686. The lowest BCUT2D eigenvalue weighted by Gasteiger charge is -2.06. The van der Waals surface area contributed by atoms with E-state index in [1.807, 2.05) is 45.0 Å². The van der Waals surface area contributed by atoms with Crippen LogP contribution in [0.3, 0.4) is 0 Å². The summed E-state index contributed by atoms with van der Waals surface area (Å²) in [7, 11) is 0. The molecule has 0 unspecified atom stereocenters. The number of rotatable bonds is 3. The third-order valence-electron chi connectivity index (χ3n) is 1.88. The van der Waals surface area contributed by atoms with Crippen molar-refractivity contribution in [3.8, 4) is 17.1 Å². The topological polar surface area (TPSA) is 51.1 Å². The summed E-state index contributed by atoms with van der Waals surface area (Å²) in [5, 5.41) is 2.65. The van der Waals surface area contributed by atoms with E-state index in [2.05, 4.69) is 10.1 Å². The first kappa shape index (κ1) is 13.4. The Morgan fingerprint density at radius 1 is 1.35 bits per heavy atom. The van der Waals surface area contributed by atoms with E-state index < -0.39 is 0 Å². The van der Waals surface area contributed by atoms with Crippen LogP contribution in [-0.2, 0) is 0 Å². The van der Waals surface area contributed by atoms with Crippen LogP contribution in [0.4, 0.5) is 0 Å². The van der Waals surface area contributed by atoms with Gasteiger partial charge < -0.3 is 9.26 Å². The van der Waals surface area contributed by atoms with Gasteiger partial charge in [0.25, 0.3) is 0 Å². The summed E-state index contributed by atoms with van der Waals surface area (Å²) in [5.74, 6) is 1.35. The van der Waals surface area contributed by atoms with Gasteiger partial charge in [0, 0.05) is 0 Å². The molecule has 4 nitrogen and oxygen atoms in total. The van der Waals surface area contributed by atoms with Gasteiger partial charge in [0.15, 0.2) is 5.82 Å². The Bertz CT molecular complexity index is 505. The average molecular weight is 252 g/mol. The van der Waals surface area contributed by atoms with Crippen LogP contribution in [0.2, 0.25) is 0 Å². The average Bonchev–Trinajstić information content (AvgIpc) is 2.79. The Kier molecular flexibility index (Phi) is 5.42. The fraction of sp³-hybridized carbons (Fsp3) is 0.333. The second kappa shape index (κ2) is 6.85. The molecular formula is C12H16N2O2S. The SMILES string of the molecule is CC.CCOc1ccccc1-c1nc(=S)o[nH]1. The molecule has 1 aromatic carbocycles. The summed E-state index contributed by atoms with van der Waals surface area (Å²) in [6.07, 6.45) is 0. The quantitative estimate of drug-likeness (QED) is 0.844. The smallest absolute Gasteiger partial charge is 0.314 e. The van der Waals surface area contributed by atoms with E-state index in [-0.39, 0.29) is 4.84 Å². The summed E-state index contributed by atoms with van der Waals surface area (Å²) in [5.41, 5.74) is 0.846. The molecule has 0 aliphatic heterocycles. The van der Waals surface area contributed by atoms with Gasteiger partial charge in [0.2, 0.25) is 0 Å². The Labute approximate surface area is 106 Å². The van der Waals surface area contributed by atoms with Crippen LogP contribution in [0.1, 0.15) is 20.8 Å². The molecule has 0 atom stereocenters. The summed E-state index contributed by atoms with van der Waals surface area (Å²) in [6, 6.07) is 7.59. The van der Waals surface area contributed by atoms with Crippen LogP contribution in [0.25, 0.3) is 11.4 Å². The van der Waals surface area contributed by atoms with Gasteiger partial charge in [-0.3, -0.25) is 0 Å². The first-order chi connectivity index (χ1) is 8.31. The molecule has 0 spiro atoms. The molecule has 5 heteroatoms. The summed E-state index contributed by atoms with van der Waals surface area (Å²) >= 11 is 4.79. The predicted octanol–water partition coefficient (Wildman–Crippen LogP) is 3.82. The number of ether oxygens (including phenoxy) is 1. The highest BCUT2D eigenvalue weighted by Crippen LogP contribution is 2.26. The second-order valence-electron chi connectivity index (χ2n) is 2.86. The van der Waals surface area contributed by atoms with E-state index in [4.69, 9.17) is 21.5 Å². The van der Waals surface area contributed by atoms with Crippen molar-refractivity contribution in [1.29, 1.82) is 0 Å². The van der Waals surface area contributed by atoms with Gasteiger partial charge in [-0.2, -0.15) is 4.98 Å². The monoisotopic (exact) mass is 252 g/mol. The lowest BCUT2D eigenvalue weighted by Crippen LogP contribution is -1.94. The van der Waals surface area contributed by atoms with Gasteiger partial charge in [0.05, 0.1) is 12.2 Å². The van der Waals surface area contributed by atoms with Gasteiger partial charge >= 0.3 is 4.84 Å².